The van der Waals surface area contributed by atoms with Gasteiger partial charge in [-0.05, 0) is 68.4 Å². The summed E-state index contributed by atoms with van der Waals surface area (Å²) in [5.41, 5.74) is 1.88. The molecule has 1 aromatic carbocycles. The molecule has 2 atom stereocenters. The fraction of sp³-hybridized carbons (Fsp3) is 0.538. The van der Waals surface area contributed by atoms with Crippen molar-refractivity contribution in [2.24, 2.45) is 5.92 Å². The lowest BCUT2D eigenvalue weighted by Crippen LogP contribution is -2.55. The van der Waals surface area contributed by atoms with Crippen molar-refractivity contribution in [1.29, 1.82) is 0 Å². The van der Waals surface area contributed by atoms with Gasteiger partial charge in [-0.3, -0.25) is 14.3 Å². The third-order valence-corrected chi connectivity index (χ3v) is 7.96. The average Bonchev–Trinajstić information content (AvgIpc) is 3.16. The minimum absolute atomic E-state index is 0.0112. The van der Waals surface area contributed by atoms with Gasteiger partial charge in [-0.2, -0.15) is 5.10 Å². The highest BCUT2D eigenvalue weighted by molar-refractivity contribution is 6.34. The Bertz CT molecular complexity index is 1170. The molecule has 0 aliphatic carbocycles. The summed E-state index contributed by atoms with van der Waals surface area (Å²) in [6.45, 7) is 1.48. The Balaban J connectivity index is 1.26. The van der Waals surface area contributed by atoms with Crippen LogP contribution in [-0.2, 0) is 34.0 Å². The lowest BCUT2D eigenvalue weighted by atomic mass is 9.78. The molecule has 2 unspecified atom stereocenters. The molecular formula is C26H30Cl2N4O5. The minimum atomic E-state index is -0.446. The standard InChI is InChI=1S/C26H30Cl2N4O5/c1-36-25(34)17-10-20-4-2-5-21(11-17)32(20)24(33)23-13-22-14-30(6-3-7-31(22)29-23)26(35)37-15-16-8-18(27)12-19(28)9-16/h8-9,12-13,17,20-21H,2-7,10-11,14-15H2,1H3. The smallest absolute Gasteiger partial charge is 0.410 e. The highest BCUT2D eigenvalue weighted by atomic mass is 35.5. The number of carbonyl (C=O) groups excluding carboxylic acids is 3. The summed E-state index contributed by atoms with van der Waals surface area (Å²) in [6.07, 6.45) is 4.29. The van der Waals surface area contributed by atoms with Crippen LogP contribution in [0.1, 0.15) is 60.3 Å². The van der Waals surface area contributed by atoms with Gasteiger partial charge < -0.3 is 19.3 Å². The van der Waals surface area contributed by atoms with E-state index in [0.717, 1.165) is 25.0 Å². The Kier molecular flexibility index (Phi) is 7.62. The van der Waals surface area contributed by atoms with Crippen LogP contribution in [0.3, 0.4) is 0 Å². The summed E-state index contributed by atoms with van der Waals surface area (Å²) in [5.74, 6) is -0.459. The Morgan fingerprint density at radius 1 is 1.00 bits per heavy atom. The number of aromatic nitrogens is 2. The molecule has 1 aromatic heterocycles. The SMILES string of the molecule is COC(=O)C1CC2CCCC(C1)N2C(=O)c1cc2n(n1)CCCN(C(=O)OCc1cc(Cl)cc(Cl)c1)C2. The van der Waals surface area contributed by atoms with Crippen LogP contribution in [0.4, 0.5) is 4.79 Å². The third kappa shape index (κ3) is 5.57. The molecule has 3 aliphatic heterocycles. The van der Waals surface area contributed by atoms with E-state index in [1.54, 1.807) is 29.2 Å². The summed E-state index contributed by atoms with van der Waals surface area (Å²) in [6, 6.07) is 6.85. The molecule has 5 rings (SSSR count). The zero-order chi connectivity index (χ0) is 26.1. The summed E-state index contributed by atoms with van der Waals surface area (Å²) in [5, 5.41) is 5.58. The third-order valence-electron chi connectivity index (χ3n) is 7.52. The van der Waals surface area contributed by atoms with Crippen molar-refractivity contribution in [1.82, 2.24) is 19.6 Å². The number of hydrogen-bond acceptors (Lipinski definition) is 6. The average molecular weight is 549 g/mol. The van der Waals surface area contributed by atoms with E-state index in [1.807, 2.05) is 9.58 Å². The predicted octanol–water partition coefficient (Wildman–Crippen LogP) is 4.68. The van der Waals surface area contributed by atoms with E-state index in [4.69, 9.17) is 32.7 Å². The van der Waals surface area contributed by atoms with Gasteiger partial charge in [0.15, 0.2) is 5.69 Å². The molecule has 0 N–H and O–H groups in total. The number of methoxy groups -OCH3 is 1. The lowest BCUT2D eigenvalue weighted by Gasteiger charge is -2.47. The molecule has 0 spiro atoms. The monoisotopic (exact) mass is 548 g/mol. The molecular weight excluding hydrogens is 519 g/mol. The first kappa shape index (κ1) is 25.9. The van der Waals surface area contributed by atoms with Gasteiger partial charge >= 0.3 is 12.1 Å². The van der Waals surface area contributed by atoms with Crippen molar-refractivity contribution in [3.05, 3.63) is 51.3 Å². The van der Waals surface area contributed by atoms with E-state index in [2.05, 4.69) is 5.10 Å². The highest BCUT2D eigenvalue weighted by Crippen LogP contribution is 2.38. The number of nitrogens with zero attached hydrogens (tertiary/aromatic N) is 4. The second kappa shape index (κ2) is 10.9. The van der Waals surface area contributed by atoms with E-state index >= 15 is 0 Å². The Labute approximate surface area is 225 Å². The number of amides is 2. The number of hydrogen-bond donors (Lipinski definition) is 0. The summed E-state index contributed by atoms with van der Waals surface area (Å²) in [7, 11) is 1.42. The van der Waals surface area contributed by atoms with Crippen molar-refractivity contribution in [3.8, 4) is 0 Å². The van der Waals surface area contributed by atoms with Crippen LogP contribution < -0.4 is 0 Å². The highest BCUT2D eigenvalue weighted by Gasteiger charge is 2.44. The van der Waals surface area contributed by atoms with Crippen molar-refractivity contribution in [2.45, 2.75) is 70.3 Å². The number of carbonyl (C=O) groups is 3. The van der Waals surface area contributed by atoms with Crippen LogP contribution in [0, 0.1) is 5.92 Å². The normalized spacial score (nSPS) is 23.2. The maximum atomic E-state index is 13.6. The van der Waals surface area contributed by atoms with Crippen LogP contribution >= 0.6 is 23.2 Å². The van der Waals surface area contributed by atoms with Gasteiger partial charge in [-0.15, -0.1) is 0 Å². The second-order valence-corrected chi connectivity index (χ2v) is 10.9. The largest absolute Gasteiger partial charge is 0.469 e. The van der Waals surface area contributed by atoms with Crippen LogP contribution in [0.15, 0.2) is 24.3 Å². The number of ether oxygens (including phenoxy) is 2. The van der Waals surface area contributed by atoms with E-state index in [0.29, 0.717) is 60.2 Å². The number of esters is 1. The molecule has 2 bridgehead atoms. The first-order valence-electron chi connectivity index (χ1n) is 12.7. The number of rotatable bonds is 4. The molecule has 2 fully saturated rings. The lowest BCUT2D eigenvalue weighted by molar-refractivity contribution is -0.149. The van der Waals surface area contributed by atoms with Gasteiger partial charge in [-0.25, -0.2) is 4.79 Å². The van der Waals surface area contributed by atoms with Gasteiger partial charge in [0, 0.05) is 35.2 Å². The van der Waals surface area contributed by atoms with Crippen molar-refractivity contribution >= 4 is 41.2 Å². The molecule has 3 aliphatic rings. The van der Waals surface area contributed by atoms with Gasteiger partial charge in [0.1, 0.15) is 6.61 Å². The second-order valence-electron chi connectivity index (χ2n) is 9.99. The Morgan fingerprint density at radius 3 is 2.38 bits per heavy atom. The fourth-order valence-corrected chi connectivity index (χ4v) is 6.43. The van der Waals surface area contributed by atoms with Gasteiger partial charge in [0.05, 0.1) is 25.3 Å². The maximum Gasteiger partial charge on any atom is 0.410 e. The summed E-state index contributed by atoms with van der Waals surface area (Å²) < 4.78 is 12.3. The first-order valence-corrected chi connectivity index (χ1v) is 13.4. The molecule has 9 nitrogen and oxygen atoms in total. The van der Waals surface area contributed by atoms with Crippen LogP contribution in [0.2, 0.25) is 10.0 Å². The van der Waals surface area contributed by atoms with Crippen LogP contribution in [-0.4, -0.2) is 63.3 Å². The molecule has 0 saturated carbocycles. The molecule has 0 radical (unpaired) electrons. The number of fused-ring (bicyclic) bond motifs is 3. The summed E-state index contributed by atoms with van der Waals surface area (Å²) in [4.78, 5) is 42.1. The van der Waals surface area contributed by atoms with E-state index < -0.39 is 6.09 Å². The van der Waals surface area contributed by atoms with Crippen LogP contribution in [0.5, 0.6) is 0 Å². The number of halogens is 2. The Morgan fingerprint density at radius 2 is 1.70 bits per heavy atom. The maximum absolute atomic E-state index is 13.6. The molecule has 2 amide bonds. The van der Waals surface area contributed by atoms with Gasteiger partial charge in [0.25, 0.3) is 5.91 Å². The zero-order valence-electron chi connectivity index (χ0n) is 20.7. The fourth-order valence-electron chi connectivity index (χ4n) is 5.86. The summed E-state index contributed by atoms with van der Waals surface area (Å²) >= 11 is 12.1. The van der Waals surface area contributed by atoms with Crippen molar-refractivity contribution in [3.63, 3.8) is 0 Å². The molecule has 2 aromatic rings. The zero-order valence-corrected chi connectivity index (χ0v) is 22.2. The topological polar surface area (TPSA) is 94.0 Å². The van der Waals surface area contributed by atoms with E-state index in [1.165, 1.54) is 7.11 Å². The number of piperidine rings is 2. The van der Waals surface area contributed by atoms with E-state index in [-0.39, 0.29) is 36.5 Å². The van der Waals surface area contributed by atoms with E-state index in [9.17, 15) is 14.4 Å². The van der Waals surface area contributed by atoms with Crippen LogP contribution in [0.25, 0.3) is 0 Å². The number of aryl methyl sites for hydroxylation is 1. The van der Waals surface area contributed by atoms with Crippen molar-refractivity contribution in [2.75, 3.05) is 13.7 Å². The minimum Gasteiger partial charge on any atom is -0.469 e. The molecule has 198 valence electrons. The molecule has 11 heteroatoms. The molecule has 4 heterocycles. The number of benzene rings is 1. The first-order chi connectivity index (χ1) is 17.8. The predicted molar refractivity (Wildman–Crippen MR) is 136 cm³/mol. The molecule has 37 heavy (non-hydrogen) atoms. The Hall–Kier alpha value is -2.78. The van der Waals surface area contributed by atoms with Gasteiger partial charge in [-0.1, -0.05) is 23.2 Å². The molecule has 2 saturated heterocycles. The van der Waals surface area contributed by atoms with Gasteiger partial charge in [0.2, 0.25) is 0 Å². The quantitative estimate of drug-likeness (QED) is 0.515. The van der Waals surface area contributed by atoms with Crippen molar-refractivity contribution < 1.29 is 23.9 Å².